The van der Waals surface area contributed by atoms with Crippen LogP contribution in [-0.2, 0) is 4.79 Å². The Labute approximate surface area is 94.8 Å². The number of anilines is 2. The number of nitrogens with two attached hydrogens (primary N) is 1. The first-order valence-corrected chi connectivity index (χ1v) is 5.22. The Balaban J connectivity index is 2.85. The van der Waals surface area contributed by atoms with Crippen molar-refractivity contribution in [2.75, 3.05) is 11.1 Å². The summed E-state index contributed by atoms with van der Waals surface area (Å²) in [7, 11) is 0. The summed E-state index contributed by atoms with van der Waals surface area (Å²) in [6, 6.07) is 3.99. The average Bonchev–Trinajstić information content (AvgIpc) is 2.15. The molecule has 4 heteroatoms. The normalized spacial score (nSPS) is 11.2. The zero-order chi connectivity index (χ0) is 12.3. The molecule has 0 fully saturated rings. The molecule has 0 bridgehead atoms. The summed E-state index contributed by atoms with van der Waals surface area (Å²) in [6.07, 6.45) is 0.712. The van der Waals surface area contributed by atoms with Crippen LogP contribution >= 0.6 is 0 Å². The van der Waals surface area contributed by atoms with Gasteiger partial charge in [0.1, 0.15) is 5.82 Å². The van der Waals surface area contributed by atoms with Crippen LogP contribution < -0.4 is 11.1 Å². The van der Waals surface area contributed by atoms with E-state index in [1.807, 2.05) is 20.8 Å². The van der Waals surface area contributed by atoms with Gasteiger partial charge in [0.05, 0.1) is 0 Å². The van der Waals surface area contributed by atoms with E-state index < -0.39 is 11.2 Å². The fraction of sp³-hybridized carbons (Fsp3) is 0.417. The Morgan fingerprint density at radius 3 is 2.56 bits per heavy atom. The second-order valence-electron chi connectivity index (χ2n) is 4.46. The number of rotatable bonds is 3. The molecule has 0 saturated heterocycles. The van der Waals surface area contributed by atoms with Crippen LogP contribution in [0.25, 0.3) is 0 Å². The summed E-state index contributed by atoms with van der Waals surface area (Å²) < 4.78 is 13.0. The van der Waals surface area contributed by atoms with Gasteiger partial charge in [-0.1, -0.05) is 20.8 Å². The van der Waals surface area contributed by atoms with E-state index in [9.17, 15) is 9.18 Å². The van der Waals surface area contributed by atoms with Crippen molar-refractivity contribution >= 4 is 17.3 Å². The molecule has 3 N–H and O–H groups in total. The number of hydrogen-bond acceptors (Lipinski definition) is 2. The maximum absolute atomic E-state index is 13.0. The van der Waals surface area contributed by atoms with Crippen molar-refractivity contribution in [2.24, 2.45) is 5.41 Å². The van der Waals surface area contributed by atoms with Crippen molar-refractivity contribution in [1.82, 2.24) is 0 Å². The molecule has 0 heterocycles. The van der Waals surface area contributed by atoms with E-state index in [2.05, 4.69) is 5.32 Å². The summed E-state index contributed by atoms with van der Waals surface area (Å²) in [5.41, 5.74) is 5.70. The van der Waals surface area contributed by atoms with Gasteiger partial charge in [0.25, 0.3) is 0 Å². The molecule has 0 atom stereocenters. The lowest BCUT2D eigenvalue weighted by Crippen LogP contribution is -2.30. The monoisotopic (exact) mass is 224 g/mol. The van der Waals surface area contributed by atoms with Gasteiger partial charge in [0.15, 0.2) is 0 Å². The van der Waals surface area contributed by atoms with E-state index in [1.165, 1.54) is 18.2 Å². The van der Waals surface area contributed by atoms with Crippen LogP contribution in [0.5, 0.6) is 0 Å². The van der Waals surface area contributed by atoms with Crippen molar-refractivity contribution in [3.8, 4) is 0 Å². The number of carbonyl (C=O) groups is 1. The molecular weight excluding hydrogens is 207 g/mol. The molecule has 1 rings (SSSR count). The summed E-state index contributed by atoms with van der Waals surface area (Å²) in [5, 5.41) is 2.66. The van der Waals surface area contributed by atoms with Gasteiger partial charge in [-0.3, -0.25) is 4.79 Å². The molecule has 88 valence electrons. The molecule has 0 unspecified atom stereocenters. The third-order valence-corrected chi connectivity index (χ3v) is 2.68. The molecule has 0 saturated carbocycles. The van der Waals surface area contributed by atoms with Gasteiger partial charge in [-0.25, -0.2) is 4.39 Å². The van der Waals surface area contributed by atoms with Crippen LogP contribution in [0.1, 0.15) is 27.2 Å². The Morgan fingerprint density at radius 1 is 1.44 bits per heavy atom. The fourth-order valence-electron chi connectivity index (χ4n) is 1.15. The molecule has 3 nitrogen and oxygen atoms in total. The summed E-state index contributed by atoms with van der Waals surface area (Å²) in [4.78, 5) is 11.8. The Hall–Kier alpha value is -1.58. The predicted molar refractivity (Wildman–Crippen MR) is 63.5 cm³/mol. The predicted octanol–water partition coefficient (Wildman–Crippen LogP) is 2.78. The first-order valence-electron chi connectivity index (χ1n) is 5.22. The second kappa shape index (κ2) is 4.51. The molecule has 0 aliphatic carbocycles. The van der Waals surface area contributed by atoms with Gasteiger partial charge in [-0.05, 0) is 24.6 Å². The Kier molecular flexibility index (Phi) is 3.52. The third-order valence-electron chi connectivity index (χ3n) is 2.68. The molecule has 1 aromatic rings. The number of nitrogen functional groups attached to an aromatic ring is 1. The molecule has 16 heavy (non-hydrogen) atoms. The molecule has 0 spiro atoms. The summed E-state index contributed by atoms with van der Waals surface area (Å²) >= 11 is 0. The largest absolute Gasteiger partial charge is 0.399 e. The van der Waals surface area contributed by atoms with Crippen LogP contribution in [0.2, 0.25) is 0 Å². The summed E-state index contributed by atoms with van der Waals surface area (Å²) in [6.45, 7) is 5.61. The van der Waals surface area contributed by atoms with Crippen molar-refractivity contribution in [3.63, 3.8) is 0 Å². The third kappa shape index (κ3) is 2.95. The maximum atomic E-state index is 13.0. The van der Waals surface area contributed by atoms with Crippen molar-refractivity contribution in [1.29, 1.82) is 0 Å². The highest BCUT2D eigenvalue weighted by atomic mass is 19.1. The Morgan fingerprint density at radius 2 is 2.06 bits per heavy atom. The highest BCUT2D eigenvalue weighted by Crippen LogP contribution is 2.23. The minimum atomic E-state index is -0.471. The van der Waals surface area contributed by atoms with Gasteiger partial charge in [0.2, 0.25) is 5.91 Å². The molecular formula is C12H17FN2O. The van der Waals surface area contributed by atoms with Gasteiger partial charge in [0, 0.05) is 16.8 Å². The number of hydrogen-bond donors (Lipinski definition) is 2. The van der Waals surface area contributed by atoms with Gasteiger partial charge in [-0.2, -0.15) is 0 Å². The number of benzene rings is 1. The molecule has 0 aliphatic rings. The van der Waals surface area contributed by atoms with E-state index in [0.29, 0.717) is 17.8 Å². The van der Waals surface area contributed by atoms with E-state index in [-0.39, 0.29) is 5.91 Å². The van der Waals surface area contributed by atoms with Crippen molar-refractivity contribution in [3.05, 3.63) is 24.0 Å². The lowest BCUT2D eigenvalue weighted by Gasteiger charge is -2.21. The lowest BCUT2D eigenvalue weighted by atomic mass is 9.89. The minimum Gasteiger partial charge on any atom is -0.399 e. The highest BCUT2D eigenvalue weighted by molar-refractivity contribution is 5.95. The number of halogens is 1. The molecule has 0 aromatic heterocycles. The summed E-state index contributed by atoms with van der Waals surface area (Å²) in [5.74, 6) is -0.593. The average molecular weight is 224 g/mol. The number of carbonyl (C=O) groups excluding carboxylic acids is 1. The van der Waals surface area contributed by atoms with Crippen molar-refractivity contribution in [2.45, 2.75) is 27.2 Å². The smallest absolute Gasteiger partial charge is 0.230 e. The fourth-order valence-corrected chi connectivity index (χ4v) is 1.15. The second-order valence-corrected chi connectivity index (χ2v) is 4.46. The lowest BCUT2D eigenvalue weighted by molar-refractivity contribution is -0.124. The SMILES string of the molecule is CCC(C)(C)C(=O)Nc1cc(N)cc(F)c1. The number of amides is 1. The first-order chi connectivity index (χ1) is 7.35. The van der Waals surface area contributed by atoms with Gasteiger partial charge >= 0.3 is 0 Å². The minimum absolute atomic E-state index is 0.139. The van der Waals surface area contributed by atoms with E-state index in [1.54, 1.807) is 0 Å². The molecule has 0 aliphatic heterocycles. The van der Waals surface area contributed by atoms with Crippen LogP contribution in [-0.4, -0.2) is 5.91 Å². The topological polar surface area (TPSA) is 55.1 Å². The van der Waals surface area contributed by atoms with Gasteiger partial charge in [-0.15, -0.1) is 0 Å². The number of nitrogens with one attached hydrogen (secondary N) is 1. The Bertz CT molecular complexity index is 382. The molecule has 0 radical (unpaired) electrons. The van der Waals surface area contributed by atoms with Gasteiger partial charge < -0.3 is 11.1 Å². The zero-order valence-electron chi connectivity index (χ0n) is 9.80. The van der Waals surface area contributed by atoms with Crippen LogP contribution in [0.3, 0.4) is 0 Å². The molecule has 1 amide bonds. The maximum Gasteiger partial charge on any atom is 0.230 e. The zero-order valence-corrected chi connectivity index (χ0v) is 9.80. The standard InChI is InChI=1S/C12H17FN2O/c1-4-12(2,3)11(16)15-10-6-8(13)5-9(14)7-10/h5-7H,4,14H2,1-3H3,(H,15,16). The highest BCUT2D eigenvalue weighted by Gasteiger charge is 2.25. The van der Waals surface area contributed by atoms with E-state index in [4.69, 9.17) is 5.73 Å². The van der Waals surface area contributed by atoms with E-state index >= 15 is 0 Å². The first kappa shape index (κ1) is 12.5. The van der Waals surface area contributed by atoms with Crippen LogP contribution in [0.4, 0.5) is 15.8 Å². The quantitative estimate of drug-likeness (QED) is 0.776. The van der Waals surface area contributed by atoms with Crippen molar-refractivity contribution < 1.29 is 9.18 Å². The van der Waals surface area contributed by atoms with Crippen LogP contribution in [0.15, 0.2) is 18.2 Å². The van der Waals surface area contributed by atoms with E-state index in [0.717, 1.165) is 0 Å². The van der Waals surface area contributed by atoms with Crippen LogP contribution in [0, 0.1) is 11.2 Å². The molecule has 1 aromatic carbocycles.